The van der Waals surface area contributed by atoms with Crippen molar-refractivity contribution in [2.75, 3.05) is 6.61 Å². The molecule has 0 aliphatic rings. The number of sulfonamides is 1. The normalized spacial score (nSPS) is 15.5. The number of hydrogen-bond donors (Lipinski definition) is 2. The van der Waals surface area contributed by atoms with Gasteiger partial charge < -0.3 is 5.11 Å². The van der Waals surface area contributed by atoms with Gasteiger partial charge in [-0.15, -0.1) is 0 Å². The third kappa shape index (κ3) is 3.67. The van der Waals surface area contributed by atoms with Crippen molar-refractivity contribution in [3.63, 3.8) is 0 Å². The second kappa shape index (κ2) is 5.82. The van der Waals surface area contributed by atoms with Crippen molar-refractivity contribution in [1.29, 1.82) is 0 Å². The van der Waals surface area contributed by atoms with Gasteiger partial charge in [0.1, 0.15) is 4.90 Å². The number of nitrogens with one attached hydrogen (secondary N) is 1. The molecule has 0 bridgehead atoms. The number of benzene rings is 1. The van der Waals surface area contributed by atoms with Gasteiger partial charge in [-0.3, -0.25) is 0 Å². The number of rotatable bonds is 5. The highest BCUT2D eigenvalue weighted by atomic mass is 35.5. The van der Waals surface area contributed by atoms with E-state index in [9.17, 15) is 8.42 Å². The van der Waals surface area contributed by atoms with E-state index in [0.717, 1.165) is 0 Å². The Kier molecular flexibility index (Phi) is 4.94. The summed E-state index contributed by atoms with van der Waals surface area (Å²) >= 11 is 5.84. The Hall–Kier alpha value is -0.620. The number of aliphatic hydroxyl groups is 1. The van der Waals surface area contributed by atoms with Crippen molar-refractivity contribution in [1.82, 2.24) is 4.72 Å². The molecule has 0 aliphatic carbocycles. The van der Waals surface area contributed by atoms with E-state index in [0.29, 0.717) is 0 Å². The lowest BCUT2D eigenvalue weighted by molar-refractivity contribution is 0.216. The molecule has 2 atom stereocenters. The van der Waals surface area contributed by atoms with Crippen molar-refractivity contribution in [3.8, 4) is 0 Å². The van der Waals surface area contributed by atoms with E-state index >= 15 is 0 Å². The SMILES string of the molecule is CC(CO)C(C)NS(=O)(=O)c1ccccc1Cl. The van der Waals surface area contributed by atoms with Crippen molar-refractivity contribution in [2.45, 2.75) is 24.8 Å². The Morgan fingerprint density at radius 2 is 1.94 bits per heavy atom. The lowest BCUT2D eigenvalue weighted by Gasteiger charge is -2.19. The van der Waals surface area contributed by atoms with Crippen LogP contribution in [0.3, 0.4) is 0 Å². The zero-order valence-electron chi connectivity index (χ0n) is 9.72. The molecule has 2 N–H and O–H groups in total. The average Bonchev–Trinajstić information content (AvgIpc) is 2.27. The Labute approximate surface area is 107 Å². The molecule has 0 radical (unpaired) electrons. The molecule has 4 nitrogen and oxygen atoms in total. The molecule has 1 aromatic rings. The minimum atomic E-state index is -3.64. The summed E-state index contributed by atoms with van der Waals surface area (Å²) in [5.41, 5.74) is 0. The molecule has 1 rings (SSSR count). The standard InChI is InChI=1S/C11H16ClNO3S/c1-8(7-14)9(2)13-17(15,16)11-6-4-3-5-10(11)12/h3-6,8-9,13-14H,7H2,1-2H3. The summed E-state index contributed by atoms with van der Waals surface area (Å²) in [6.45, 7) is 3.39. The van der Waals surface area contributed by atoms with Gasteiger partial charge in [0, 0.05) is 12.6 Å². The second-order valence-electron chi connectivity index (χ2n) is 4.00. The molecule has 6 heteroatoms. The molecule has 0 fully saturated rings. The van der Waals surface area contributed by atoms with Crippen LogP contribution in [0.1, 0.15) is 13.8 Å². The van der Waals surface area contributed by atoms with E-state index in [-0.39, 0.29) is 28.5 Å². The minimum absolute atomic E-state index is 0.0543. The maximum absolute atomic E-state index is 12.0. The average molecular weight is 278 g/mol. The van der Waals surface area contributed by atoms with Gasteiger partial charge in [-0.25, -0.2) is 13.1 Å². The number of halogens is 1. The summed E-state index contributed by atoms with van der Waals surface area (Å²) in [5, 5.41) is 9.15. The highest BCUT2D eigenvalue weighted by Crippen LogP contribution is 2.21. The second-order valence-corrected chi connectivity index (χ2v) is 6.09. The molecule has 2 unspecified atom stereocenters. The zero-order valence-corrected chi connectivity index (χ0v) is 11.3. The molecule has 0 amide bonds. The van der Waals surface area contributed by atoms with E-state index in [2.05, 4.69) is 4.72 Å². The first-order valence-corrected chi connectivity index (χ1v) is 7.12. The van der Waals surface area contributed by atoms with Gasteiger partial charge in [-0.2, -0.15) is 0 Å². The van der Waals surface area contributed by atoms with Gasteiger partial charge >= 0.3 is 0 Å². The molecule has 0 spiro atoms. The van der Waals surface area contributed by atoms with Crippen LogP contribution >= 0.6 is 11.6 Å². The molecule has 0 aliphatic heterocycles. The fourth-order valence-electron chi connectivity index (χ4n) is 1.25. The van der Waals surface area contributed by atoms with Crippen LogP contribution in [0.5, 0.6) is 0 Å². The van der Waals surface area contributed by atoms with Crippen LogP contribution in [0.4, 0.5) is 0 Å². The van der Waals surface area contributed by atoms with Gasteiger partial charge in [0.2, 0.25) is 10.0 Å². The third-order valence-electron chi connectivity index (χ3n) is 2.61. The molecule has 0 aromatic heterocycles. The fraction of sp³-hybridized carbons (Fsp3) is 0.455. The highest BCUT2D eigenvalue weighted by Gasteiger charge is 2.22. The highest BCUT2D eigenvalue weighted by molar-refractivity contribution is 7.89. The minimum Gasteiger partial charge on any atom is -0.396 e. The zero-order chi connectivity index (χ0) is 13.1. The van der Waals surface area contributed by atoms with Crippen molar-refractivity contribution >= 4 is 21.6 Å². The molecule has 17 heavy (non-hydrogen) atoms. The first-order valence-electron chi connectivity index (χ1n) is 5.26. The van der Waals surface area contributed by atoms with Crippen LogP contribution < -0.4 is 4.72 Å². The van der Waals surface area contributed by atoms with Crippen LogP contribution in [-0.4, -0.2) is 26.2 Å². The maximum Gasteiger partial charge on any atom is 0.242 e. The lowest BCUT2D eigenvalue weighted by atomic mass is 10.1. The van der Waals surface area contributed by atoms with E-state index in [1.807, 2.05) is 0 Å². The quantitative estimate of drug-likeness (QED) is 0.860. The number of aliphatic hydroxyl groups excluding tert-OH is 1. The van der Waals surface area contributed by atoms with Crippen molar-refractivity contribution < 1.29 is 13.5 Å². The van der Waals surface area contributed by atoms with Gasteiger partial charge in [0.15, 0.2) is 0 Å². The largest absolute Gasteiger partial charge is 0.396 e. The summed E-state index contributed by atoms with van der Waals surface area (Å²) in [6, 6.07) is 5.89. The van der Waals surface area contributed by atoms with E-state index in [1.54, 1.807) is 26.0 Å². The Balaban J connectivity index is 2.94. The molecule has 0 heterocycles. The summed E-state index contributed by atoms with van der Waals surface area (Å²) in [6.07, 6.45) is 0. The first kappa shape index (κ1) is 14.4. The lowest BCUT2D eigenvalue weighted by Crippen LogP contribution is -2.38. The molecule has 96 valence electrons. The smallest absolute Gasteiger partial charge is 0.242 e. The van der Waals surface area contributed by atoms with Crippen molar-refractivity contribution in [3.05, 3.63) is 29.3 Å². The van der Waals surface area contributed by atoms with Gasteiger partial charge in [-0.05, 0) is 25.0 Å². The predicted octanol–water partition coefficient (Wildman–Crippen LogP) is 1.64. The first-order chi connectivity index (χ1) is 7.88. The molecular weight excluding hydrogens is 262 g/mol. The van der Waals surface area contributed by atoms with Crippen LogP contribution in [-0.2, 0) is 10.0 Å². The predicted molar refractivity (Wildman–Crippen MR) is 67.5 cm³/mol. The van der Waals surface area contributed by atoms with Crippen LogP contribution in [0.25, 0.3) is 0 Å². The van der Waals surface area contributed by atoms with Gasteiger partial charge in [-0.1, -0.05) is 30.7 Å². The van der Waals surface area contributed by atoms with Gasteiger partial charge in [0.25, 0.3) is 0 Å². The van der Waals surface area contributed by atoms with Crippen LogP contribution in [0, 0.1) is 5.92 Å². The molecule has 1 aromatic carbocycles. The summed E-state index contributed by atoms with van der Waals surface area (Å²) < 4.78 is 26.5. The molecule has 0 saturated carbocycles. The summed E-state index contributed by atoms with van der Waals surface area (Å²) in [5.74, 6) is -0.160. The monoisotopic (exact) mass is 277 g/mol. The topological polar surface area (TPSA) is 66.4 Å². The number of hydrogen-bond acceptors (Lipinski definition) is 3. The third-order valence-corrected chi connectivity index (χ3v) is 4.67. The van der Waals surface area contributed by atoms with Crippen LogP contribution in [0.15, 0.2) is 29.2 Å². The van der Waals surface area contributed by atoms with E-state index in [4.69, 9.17) is 16.7 Å². The van der Waals surface area contributed by atoms with Crippen molar-refractivity contribution in [2.24, 2.45) is 5.92 Å². The Morgan fingerprint density at radius 1 is 1.35 bits per heavy atom. The summed E-state index contributed by atoms with van der Waals surface area (Å²) in [4.78, 5) is 0.0543. The van der Waals surface area contributed by atoms with E-state index < -0.39 is 10.0 Å². The molecule has 0 saturated heterocycles. The summed E-state index contributed by atoms with van der Waals surface area (Å²) in [7, 11) is -3.64. The van der Waals surface area contributed by atoms with E-state index in [1.165, 1.54) is 12.1 Å². The Bertz CT molecular complexity index is 475. The van der Waals surface area contributed by atoms with Crippen LogP contribution in [0.2, 0.25) is 5.02 Å². The van der Waals surface area contributed by atoms with Gasteiger partial charge in [0.05, 0.1) is 5.02 Å². The molecular formula is C11H16ClNO3S. The maximum atomic E-state index is 12.0. The Morgan fingerprint density at radius 3 is 2.47 bits per heavy atom. The fourth-order valence-corrected chi connectivity index (χ4v) is 3.12.